The smallest absolute Gasteiger partial charge is 0.207 e. The zero-order chi connectivity index (χ0) is 14.8. The molecule has 106 valence electrons. The topological polar surface area (TPSA) is 46.2 Å². The van der Waals surface area contributed by atoms with Crippen molar-refractivity contribution in [2.24, 2.45) is 0 Å². The Balaban J connectivity index is 2.19. The summed E-state index contributed by atoms with van der Waals surface area (Å²) in [6, 6.07) is 10.4. The van der Waals surface area contributed by atoms with Crippen LogP contribution in [-0.4, -0.2) is 8.42 Å². The van der Waals surface area contributed by atoms with Crippen LogP contribution in [0, 0.1) is 12.7 Å². The van der Waals surface area contributed by atoms with Crippen molar-refractivity contribution in [2.45, 2.75) is 18.4 Å². The van der Waals surface area contributed by atoms with E-state index >= 15 is 0 Å². The first-order valence-corrected chi connectivity index (χ1v) is 7.75. The van der Waals surface area contributed by atoms with E-state index in [-0.39, 0.29) is 11.4 Å². The fraction of sp³-hybridized carbons (Fsp3) is 0.143. The van der Waals surface area contributed by atoms with Crippen LogP contribution in [0.4, 0.5) is 4.39 Å². The third kappa shape index (κ3) is 3.36. The van der Waals surface area contributed by atoms with Gasteiger partial charge in [-0.1, -0.05) is 29.8 Å². The van der Waals surface area contributed by atoms with E-state index in [0.29, 0.717) is 16.1 Å². The largest absolute Gasteiger partial charge is 0.240 e. The van der Waals surface area contributed by atoms with E-state index in [1.165, 1.54) is 30.3 Å². The molecule has 2 aromatic rings. The molecule has 1 N–H and O–H groups in total. The van der Waals surface area contributed by atoms with Crippen molar-refractivity contribution in [3.8, 4) is 0 Å². The van der Waals surface area contributed by atoms with Crippen LogP contribution in [0.2, 0.25) is 5.02 Å². The number of halogens is 2. The minimum Gasteiger partial charge on any atom is -0.207 e. The predicted octanol–water partition coefficient (Wildman–Crippen LogP) is 3.27. The summed E-state index contributed by atoms with van der Waals surface area (Å²) in [5, 5.41) is 0.498. The molecule has 0 saturated carbocycles. The Morgan fingerprint density at radius 1 is 1.20 bits per heavy atom. The van der Waals surface area contributed by atoms with Crippen LogP contribution in [0.25, 0.3) is 0 Å². The lowest BCUT2D eigenvalue weighted by Crippen LogP contribution is -2.23. The second-order valence-electron chi connectivity index (χ2n) is 4.33. The van der Waals surface area contributed by atoms with Crippen molar-refractivity contribution in [2.75, 3.05) is 0 Å². The van der Waals surface area contributed by atoms with E-state index in [4.69, 9.17) is 11.6 Å². The van der Waals surface area contributed by atoms with Crippen molar-refractivity contribution >= 4 is 21.6 Å². The van der Waals surface area contributed by atoms with Crippen LogP contribution >= 0.6 is 11.6 Å². The van der Waals surface area contributed by atoms with Gasteiger partial charge in [0.15, 0.2) is 0 Å². The Labute approximate surface area is 122 Å². The molecule has 0 aliphatic carbocycles. The summed E-state index contributed by atoms with van der Waals surface area (Å²) >= 11 is 5.86. The normalized spacial score (nSPS) is 11.6. The van der Waals surface area contributed by atoms with Crippen molar-refractivity contribution < 1.29 is 12.8 Å². The first-order valence-electron chi connectivity index (χ1n) is 5.89. The Morgan fingerprint density at radius 3 is 2.55 bits per heavy atom. The summed E-state index contributed by atoms with van der Waals surface area (Å²) in [6.45, 7) is 1.62. The molecule has 0 radical (unpaired) electrons. The molecule has 0 aliphatic rings. The van der Waals surface area contributed by atoms with Crippen molar-refractivity contribution in [1.29, 1.82) is 0 Å². The van der Waals surface area contributed by atoms with Gasteiger partial charge in [-0.25, -0.2) is 17.5 Å². The van der Waals surface area contributed by atoms with E-state index in [1.54, 1.807) is 19.1 Å². The second-order valence-corrected chi connectivity index (χ2v) is 6.50. The molecular formula is C14H13ClFNO2S. The fourth-order valence-electron chi connectivity index (χ4n) is 1.68. The molecular weight excluding hydrogens is 301 g/mol. The summed E-state index contributed by atoms with van der Waals surface area (Å²) in [6.07, 6.45) is 0. The lowest BCUT2D eigenvalue weighted by atomic mass is 10.2. The van der Waals surface area contributed by atoms with Crippen LogP contribution in [0.5, 0.6) is 0 Å². The fourth-order valence-corrected chi connectivity index (χ4v) is 2.89. The number of benzene rings is 2. The molecule has 2 aromatic carbocycles. The zero-order valence-electron chi connectivity index (χ0n) is 10.7. The molecule has 2 rings (SSSR count). The first kappa shape index (κ1) is 15.0. The third-order valence-corrected chi connectivity index (χ3v) is 4.67. The first-order chi connectivity index (χ1) is 9.40. The van der Waals surface area contributed by atoms with Crippen LogP contribution in [0.1, 0.15) is 11.1 Å². The number of rotatable bonds is 4. The van der Waals surface area contributed by atoms with Gasteiger partial charge in [0, 0.05) is 17.1 Å². The number of sulfonamides is 1. The minimum atomic E-state index is -3.69. The van der Waals surface area contributed by atoms with Gasteiger partial charge in [0.05, 0.1) is 4.90 Å². The molecule has 0 aromatic heterocycles. The van der Waals surface area contributed by atoms with Crippen molar-refractivity contribution in [3.63, 3.8) is 0 Å². The Kier molecular flexibility index (Phi) is 4.42. The standard InChI is InChI=1S/C14H13ClFNO2S/c1-10-8-12(6-7-13(10)15)20(18,19)17-9-11-4-2-3-5-14(11)16/h2-8,17H,9H2,1H3. The number of hydrogen-bond acceptors (Lipinski definition) is 2. The SMILES string of the molecule is Cc1cc(S(=O)(=O)NCc2ccccc2F)ccc1Cl. The van der Waals surface area contributed by atoms with Crippen LogP contribution < -0.4 is 4.72 Å². The van der Waals surface area contributed by atoms with Gasteiger partial charge in [-0.2, -0.15) is 0 Å². The predicted molar refractivity (Wildman–Crippen MR) is 76.6 cm³/mol. The lowest BCUT2D eigenvalue weighted by molar-refractivity contribution is 0.574. The van der Waals surface area contributed by atoms with E-state index in [2.05, 4.69) is 4.72 Å². The number of hydrogen-bond donors (Lipinski definition) is 1. The number of aryl methyl sites for hydroxylation is 1. The molecule has 20 heavy (non-hydrogen) atoms. The molecule has 0 spiro atoms. The van der Waals surface area contributed by atoms with E-state index < -0.39 is 15.8 Å². The van der Waals surface area contributed by atoms with Gasteiger partial charge in [0.2, 0.25) is 10.0 Å². The molecule has 0 fully saturated rings. The maximum absolute atomic E-state index is 13.4. The van der Waals surface area contributed by atoms with Gasteiger partial charge in [-0.05, 0) is 36.8 Å². The summed E-state index contributed by atoms with van der Waals surface area (Å²) < 4.78 is 40.0. The van der Waals surface area contributed by atoms with Gasteiger partial charge in [-0.3, -0.25) is 0 Å². The van der Waals surface area contributed by atoms with E-state index in [0.717, 1.165) is 0 Å². The van der Waals surface area contributed by atoms with Crippen LogP contribution in [-0.2, 0) is 16.6 Å². The maximum atomic E-state index is 13.4. The monoisotopic (exact) mass is 313 g/mol. The molecule has 0 atom stereocenters. The Bertz CT molecular complexity index is 732. The molecule has 0 bridgehead atoms. The molecule has 0 amide bonds. The van der Waals surface area contributed by atoms with Crippen LogP contribution in [0.15, 0.2) is 47.4 Å². The highest BCUT2D eigenvalue weighted by molar-refractivity contribution is 7.89. The average molecular weight is 314 g/mol. The van der Waals surface area contributed by atoms with Gasteiger partial charge < -0.3 is 0 Å². The second kappa shape index (κ2) is 5.91. The summed E-state index contributed by atoms with van der Waals surface area (Å²) in [4.78, 5) is 0.107. The molecule has 0 heterocycles. The molecule has 0 unspecified atom stereocenters. The Morgan fingerprint density at radius 2 is 1.90 bits per heavy atom. The quantitative estimate of drug-likeness (QED) is 0.941. The molecule has 6 heteroatoms. The van der Waals surface area contributed by atoms with E-state index in [9.17, 15) is 12.8 Å². The van der Waals surface area contributed by atoms with Gasteiger partial charge in [-0.15, -0.1) is 0 Å². The number of nitrogens with one attached hydrogen (secondary N) is 1. The lowest BCUT2D eigenvalue weighted by Gasteiger charge is -2.08. The molecule has 0 saturated heterocycles. The highest BCUT2D eigenvalue weighted by Crippen LogP contribution is 2.19. The van der Waals surface area contributed by atoms with Gasteiger partial charge in [0.25, 0.3) is 0 Å². The summed E-state index contributed by atoms with van der Waals surface area (Å²) in [7, 11) is -3.69. The Hall–Kier alpha value is -1.43. The highest BCUT2D eigenvalue weighted by Gasteiger charge is 2.15. The van der Waals surface area contributed by atoms with Crippen molar-refractivity contribution in [1.82, 2.24) is 4.72 Å². The summed E-state index contributed by atoms with van der Waals surface area (Å²) in [5.41, 5.74) is 0.960. The molecule has 3 nitrogen and oxygen atoms in total. The highest BCUT2D eigenvalue weighted by atomic mass is 35.5. The van der Waals surface area contributed by atoms with E-state index in [1.807, 2.05) is 0 Å². The molecule has 0 aliphatic heterocycles. The average Bonchev–Trinajstić information content (AvgIpc) is 2.41. The minimum absolute atomic E-state index is 0.101. The zero-order valence-corrected chi connectivity index (χ0v) is 12.3. The summed E-state index contributed by atoms with van der Waals surface area (Å²) in [5.74, 6) is -0.442. The van der Waals surface area contributed by atoms with Gasteiger partial charge >= 0.3 is 0 Å². The van der Waals surface area contributed by atoms with Crippen LogP contribution in [0.3, 0.4) is 0 Å². The third-order valence-electron chi connectivity index (χ3n) is 2.85. The van der Waals surface area contributed by atoms with Crippen molar-refractivity contribution in [3.05, 3.63) is 64.4 Å². The maximum Gasteiger partial charge on any atom is 0.240 e. The van der Waals surface area contributed by atoms with Gasteiger partial charge in [0.1, 0.15) is 5.82 Å².